The van der Waals surface area contributed by atoms with Crippen molar-refractivity contribution in [1.82, 2.24) is 0 Å². The summed E-state index contributed by atoms with van der Waals surface area (Å²) < 4.78 is 30.5. The minimum absolute atomic E-state index is 0.214. The molecule has 3 aliphatic carbocycles. The maximum absolute atomic E-state index is 15.3. The minimum atomic E-state index is -0.517. The summed E-state index contributed by atoms with van der Waals surface area (Å²) >= 11 is 0. The predicted molar refractivity (Wildman–Crippen MR) is 126 cm³/mol. The molecular formula is C29H42F2. The van der Waals surface area contributed by atoms with Gasteiger partial charge in [0, 0.05) is 0 Å². The molecule has 0 spiro atoms. The van der Waals surface area contributed by atoms with Gasteiger partial charge in [0.2, 0.25) is 0 Å². The molecule has 2 saturated carbocycles. The lowest BCUT2D eigenvalue weighted by atomic mass is 9.63. The Hall–Kier alpha value is -1.18. The molecule has 2 fully saturated rings. The first-order valence-corrected chi connectivity index (χ1v) is 13.2. The number of aryl methyl sites for hydroxylation is 1. The van der Waals surface area contributed by atoms with Crippen LogP contribution < -0.4 is 0 Å². The summed E-state index contributed by atoms with van der Waals surface area (Å²) in [5, 5.41) is 0. The van der Waals surface area contributed by atoms with Crippen molar-refractivity contribution in [2.45, 2.75) is 110 Å². The lowest BCUT2D eigenvalue weighted by molar-refractivity contribution is 0.132. The minimum Gasteiger partial charge on any atom is -0.203 e. The number of rotatable bonds is 7. The van der Waals surface area contributed by atoms with Crippen molar-refractivity contribution in [3.8, 4) is 0 Å². The van der Waals surface area contributed by atoms with E-state index in [4.69, 9.17) is 0 Å². The fraction of sp³-hybridized carbons (Fsp3) is 0.724. The molecule has 31 heavy (non-hydrogen) atoms. The van der Waals surface area contributed by atoms with Gasteiger partial charge in [-0.15, -0.1) is 0 Å². The highest BCUT2D eigenvalue weighted by Gasteiger charge is 2.37. The number of benzene rings is 1. The van der Waals surface area contributed by atoms with Gasteiger partial charge in [-0.3, -0.25) is 0 Å². The Morgan fingerprint density at radius 2 is 1.74 bits per heavy atom. The molecular weight excluding hydrogens is 386 g/mol. The molecule has 5 unspecified atom stereocenters. The number of fused-ring (bicyclic) bond motifs is 2. The third-order valence-corrected chi connectivity index (χ3v) is 8.77. The largest absolute Gasteiger partial charge is 0.203 e. The van der Waals surface area contributed by atoms with E-state index in [2.05, 4.69) is 32.1 Å². The topological polar surface area (TPSA) is 0 Å². The third-order valence-electron chi connectivity index (χ3n) is 8.77. The molecule has 3 aliphatic rings. The molecule has 0 bridgehead atoms. The van der Waals surface area contributed by atoms with E-state index in [9.17, 15) is 0 Å². The molecule has 0 aromatic heterocycles. The molecule has 0 heterocycles. The van der Waals surface area contributed by atoms with Gasteiger partial charge >= 0.3 is 0 Å². The molecule has 172 valence electrons. The van der Waals surface area contributed by atoms with E-state index in [0.717, 1.165) is 49.5 Å². The van der Waals surface area contributed by atoms with Crippen LogP contribution in [0.25, 0.3) is 0 Å². The van der Waals surface area contributed by atoms with E-state index in [1.54, 1.807) is 0 Å². The average molecular weight is 429 g/mol. The van der Waals surface area contributed by atoms with Crippen LogP contribution in [0.5, 0.6) is 0 Å². The van der Waals surface area contributed by atoms with Crippen LogP contribution in [0, 0.1) is 35.3 Å². The van der Waals surface area contributed by atoms with Crippen molar-refractivity contribution < 1.29 is 8.78 Å². The van der Waals surface area contributed by atoms with E-state index in [1.807, 2.05) is 0 Å². The van der Waals surface area contributed by atoms with Crippen molar-refractivity contribution in [3.05, 3.63) is 46.5 Å². The van der Waals surface area contributed by atoms with Crippen LogP contribution in [0.15, 0.2) is 18.2 Å². The van der Waals surface area contributed by atoms with Crippen LogP contribution in [-0.2, 0) is 12.8 Å². The number of allylic oxidation sites excluding steroid dienone is 2. The fourth-order valence-corrected chi connectivity index (χ4v) is 6.99. The summed E-state index contributed by atoms with van der Waals surface area (Å²) in [6, 6.07) is 2.08. The first kappa shape index (κ1) is 23.0. The lowest BCUT2D eigenvalue weighted by Crippen LogP contribution is -2.30. The van der Waals surface area contributed by atoms with Crippen molar-refractivity contribution in [2.24, 2.45) is 23.7 Å². The van der Waals surface area contributed by atoms with Gasteiger partial charge in [0.15, 0.2) is 11.6 Å². The summed E-state index contributed by atoms with van der Waals surface area (Å²) in [6.45, 7) is 4.35. The first-order valence-electron chi connectivity index (χ1n) is 13.2. The van der Waals surface area contributed by atoms with Crippen LogP contribution >= 0.6 is 0 Å². The maximum Gasteiger partial charge on any atom is 0.162 e. The Morgan fingerprint density at radius 3 is 2.55 bits per heavy atom. The number of hydrogen-bond acceptors (Lipinski definition) is 0. The quantitative estimate of drug-likeness (QED) is 0.300. The highest BCUT2D eigenvalue weighted by Crippen LogP contribution is 2.49. The van der Waals surface area contributed by atoms with E-state index in [-0.39, 0.29) is 5.92 Å². The van der Waals surface area contributed by atoms with Gasteiger partial charge in [0.1, 0.15) is 0 Å². The number of halogens is 2. The Morgan fingerprint density at radius 1 is 0.935 bits per heavy atom. The molecule has 0 radical (unpaired) electrons. The molecule has 0 nitrogen and oxygen atoms in total. The zero-order valence-electron chi connectivity index (χ0n) is 19.8. The number of unbranched alkanes of at least 4 members (excludes halogenated alkanes) is 3. The van der Waals surface area contributed by atoms with Crippen molar-refractivity contribution in [2.75, 3.05) is 0 Å². The summed E-state index contributed by atoms with van der Waals surface area (Å²) in [7, 11) is 0. The standard InChI is InChI=1S/C29H42F2/c1-3-5-6-7-9-21-11-13-25-19-27(29(31)28(30)26(25)17-21)24-15-14-22-16-20(8-4-2)10-12-23(22)18-24/h4,8,19-24H,3,5-7,9-18H2,1-2H3/b8-4+. The van der Waals surface area contributed by atoms with Gasteiger partial charge in [-0.1, -0.05) is 57.2 Å². The normalized spacial score (nSPS) is 30.9. The second-order valence-corrected chi connectivity index (χ2v) is 10.8. The van der Waals surface area contributed by atoms with Crippen LogP contribution in [0.1, 0.15) is 114 Å². The average Bonchev–Trinajstić information content (AvgIpc) is 2.79. The van der Waals surface area contributed by atoms with E-state index < -0.39 is 11.6 Å². The van der Waals surface area contributed by atoms with Gasteiger partial charge in [-0.2, -0.15) is 0 Å². The van der Waals surface area contributed by atoms with Gasteiger partial charge in [0.25, 0.3) is 0 Å². The molecule has 5 atom stereocenters. The van der Waals surface area contributed by atoms with E-state index in [1.165, 1.54) is 57.8 Å². The summed E-state index contributed by atoms with van der Waals surface area (Å²) in [5.41, 5.74) is 2.51. The van der Waals surface area contributed by atoms with Gasteiger partial charge in [-0.25, -0.2) is 8.78 Å². The molecule has 1 aromatic carbocycles. The van der Waals surface area contributed by atoms with Crippen molar-refractivity contribution in [3.63, 3.8) is 0 Å². The fourth-order valence-electron chi connectivity index (χ4n) is 6.99. The third kappa shape index (κ3) is 5.25. The van der Waals surface area contributed by atoms with Crippen LogP contribution in [-0.4, -0.2) is 0 Å². The molecule has 2 heteroatoms. The van der Waals surface area contributed by atoms with Gasteiger partial charge in [0.05, 0.1) is 0 Å². The zero-order chi connectivity index (χ0) is 21.8. The maximum atomic E-state index is 15.3. The summed E-state index contributed by atoms with van der Waals surface area (Å²) in [4.78, 5) is 0. The van der Waals surface area contributed by atoms with E-state index >= 15 is 8.78 Å². The second-order valence-electron chi connectivity index (χ2n) is 10.8. The molecule has 0 saturated heterocycles. The Kier molecular flexibility index (Phi) is 7.88. The Bertz CT molecular complexity index is 764. The molecule has 0 amide bonds. The lowest BCUT2D eigenvalue weighted by Gasteiger charge is -2.42. The molecule has 4 rings (SSSR count). The summed E-state index contributed by atoms with van der Waals surface area (Å²) in [6.07, 6.45) is 20.7. The van der Waals surface area contributed by atoms with Crippen molar-refractivity contribution >= 4 is 0 Å². The highest BCUT2D eigenvalue weighted by atomic mass is 19.2. The van der Waals surface area contributed by atoms with Crippen LogP contribution in [0.2, 0.25) is 0 Å². The Labute approximate surface area is 188 Å². The zero-order valence-corrected chi connectivity index (χ0v) is 19.8. The highest BCUT2D eigenvalue weighted by molar-refractivity contribution is 5.38. The van der Waals surface area contributed by atoms with Crippen molar-refractivity contribution in [1.29, 1.82) is 0 Å². The second kappa shape index (κ2) is 10.6. The van der Waals surface area contributed by atoms with Gasteiger partial charge < -0.3 is 0 Å². The Balaban J connectivity index is 1.42. The predicted octanol–water partition coefficient (Wildman–Crippen LogP) is 8.92. The smallest absolute Gasteiger partial charge is 0.162 e. The first-order chi connectivity index (χ1) is 15.1. The SMILES string of the molecule is C/C=C/C1CCC2CC(c3cc4c(c(F)c3F)CC(CCCCCC)CC4)CCC2C1. The van der Waals surface area contributed by atoms with E-state index in [0.29, 0.717) is 23.0 Å². The molecule has 1 aromatic rings. The van der Waals surface area contributed by atoms with Gasteiger partial charge in [-0.05, 0) is 111 Å². The number of hydrogen-bond donors (Lipinski definition) is 0. The molecule has 0 N–H and O–H groups in total. The van der Waals surface area contributed by atoms with Crippen LogP contribution in [0.4, 0.5) is 8.78 Å². The summed E-state index contributed by atoms with van der Waals surface area (Å²) in [5.74, 6) is 1.94. The van der Waals surface area contributed by atoms with Crippen LogP contribution in [0.3, 0.4) is 0 Å². The monoisotopic (exact) mass is 428 g/mol. The molecule has 0 aliphatic heterocycles.